The van der Waals surface area contributed by atoms with Crippen molar-refractivity contribution in [1.82, 2.24) is 0 Å². The lowest BCUT2D eigenvalue weighted by atomic mass is 10.1. The maximum atomic E-state index is 8.87. The molecule has 1 saturated carbocycles. The number of nitrogens with two attached hydrogens (primary N) is 1. The molecule has 1 aromatic carbocycles. The second-order valence-electron chi connectivity index (χ2n) is 5.31. The predicted octanol–water partition coefficient (Wildman–Crippen LogP) is 2.18. The van der Waals surface area contributed by atoms with Crippen LogP contribution in [0, 0.1) is 18.8 Å². The van der Waals surface area contributed by atoms with Gasteiger partial charge in [-0.3, -0.25) is 0 Å². The van der Waals surface area contributed by atoms with Crippen molar-refractivity contribution in [3.63, 3.8) is 0 Å². The Bertz CT molecular complexity index is 470. The molecule has 2 unspecified atom stereocenters. The van der Waals surface area contributed by atoms with E-state index in [-0.39, 0.29) is 5.84 Å². The summed E-state index contributed by atoms with van der Waals surface area (Å²) in [6, 6.07) is 5.88. The standard InChI is InChI=1S/C14H21N3O/c1-9-5-4-6-12(14(15)16-18)13(9)17(3)8-11-7-10(11)2/h4-6,10-11,18H,7-8H2,1-3H3,(H2,15,16). The van der Waals surface area contributed by atoms with Gasteiger partial charge in [-0.15, -0.1) is 0 Å². The molecule has 1 aromatic rings. The average molecular weight is 247 g/mol. The summed E-state index contributed by atoms with van der Waals surface area (Å²) in [7, 11) is 2.07. The van der Waals surface area contributed by atoms with E-state index in [2.05, 4.69) is 37.0 Å². The van der Waals surface area contributed by atoms with Crippen LogP contribution in [-0.4, -0.2) is 24.6 Å². The highest BCUT2D eigenvalue weighted by atomic mass is 16.4. The lowest BCUT2D eigenvalue weighted by Crippen LogP contribution is -2.26. The summed E-state index contributed by atoms with van der Waals surface area (Å²) < 4.78 is 0. The molecule has 0 heterocycles. The predicted molar refractivity (Wildman–Crippen MR) is 74.2 cm³/mol. The number of aryl methyl sites for hydroxylation is 1. The molecule has 2 atom stereocenters. The van der Waals surface area contributed by atoms with Gasteiger partial charge >= 0.3 is 0 Å². The van der Waals surface area contributed by atoms with Crippen LogP contribution in [0.1, 0.15) is 24.5 Å². The molecule has 0 bridgehead atoms. The molecular weight excluding hydrogens is 226 g/mol. The minimum absolute atomic E-state index is 0.171. The first-order valence-electron chi connectivity index (χ1n) is 6.33. The van der Waals surface area contributed by atoms with Crippen LogP contribution < -0.4 is 10.6 Å². The van der Waals surface area contributed by atoms with Crippen LogP contribution in [0.3, 0.4) is 0 Å². The number of hydrogen-bond donors (Lipinski definition) is 2. The molecule has 98 valence electrons. The number of rotatable bonds is 4. The lowest BCUT2D eigenvalue weighted by molar-refractivity contribution is 0.318. The Hall–Kier alpha value is -1.71. The van der Waals surface area contributed by atoms with Crippen LogP contribution in [0.5, 0.6) is 0 Å². The smallest absolute Gasteiger partial charge is 0.172 e. The van der Waals surface area contributed by atoms with Crippen molar-refractivity contribution in [2.75, 3.05) is 18.5 Å². The van der Waals surface area contributed by atoms with Crippen molar-refractivity contribution in [2.24, 2.45) is 22.7 Å². The average Bonchev–Trinajstić information content (AvgIpc) is 3.03. The Morgan fingerprint density at radius 2 is 2.22 bits per heavy atom. The van der Waals surface area contributed by atoms with Crippen LogP contribution in [0.15, 0.2) is 23.4 Å². The summed E-state index contributed by atoms with van der Waals surface area (Å²) in [6.07, 6.45) is 1.30. The van der Waals surface area contributed by atoms with Gasteiger partial charge in [-0.2, -0.15) is 0 Å². The zero-order chi connectivity index (χ0) is 13.3. The van der Waals surface area contributed by atoms with E-state index in [1.54, 1.807) is 0 Å². The SMILES string of the molecule is Cc1cccc(/C(N)=N/O)c1N(C)CC1CC1C. The highest BCUT2D eigenvalue weighted by Gasteiger charge is 2.33. The van der Waals surface area contributed by atoms with Crippen molar-refractivity contribution in [1.29, 1.82) is 0 Å². The van der Waals surface area contributed by atoms with Crippen molar-refractivity contribution >= 4 is 11.5 Å². The maximum absolute atomic E-state index is 8.87. The van der Waals surface area contributed by atoms with E-state index in [9.17, 15) is 0 Å². The Morgan fingerprint density at radius 1 is 1.56 bits per heavy atom. The van der Waals surface area contributed by atoms with Crippen LogP contribution in [0.25, 0.3) is 0 Å². The van der Waals surface area contributed by atoms with Gasteiger partial charge in [0.25, 0.3) is 0 Å². The van der Waals surface area contributed by atoms with Crippen molar-refractivity contribution in [2.45, 2.75) is 20.3 Å². The van der Waals surface area contributed by atoms with Gasteiger partial charge < -0.3 is 15.8 Å². The molecule has 1 aliphatic carbocycles. The Balaban J connectivity index is 2.29. The topological polar surface area (TPSA) is 61.9 Å². The Kier molecular flexibility index (Phi) is 3.45. The first-order chi connectivity index (χ1) is 8.54. The second-order valence-corrected chi connectivity index (χ2v) is 5.31. The van der Waals surface area contributed by atoms with Crippen LogP contribution in [0.2, 0.25) is 0 Å². The third-order valence-electron chi connectivity index (χ3n) is 3.79. The van der Waals surface area contributed by atoms with E-state index in [1.807, 2.05) is 12.1 Å². The second kappa shape index (κ2) is 4.88. The van der Waals surface area contributed by atoms with Crippen LogP contribution >= 0.6 is 0 Å². The fourth-order valence-corrected chi connectivity index (χ4v) is 2.52. The third-order valence-corrected chi connectivity index (χ3v) is 3.79. The fraction of sp³-hybridized carbons (Fsp3) is 0.500. The van der Waals surface area contributed by atoms with Crippen LogP contribution in [-0.2, 0) is 0 Å². The molecule has 2 rings (SSSR count). The minimum atomic E-state index is 0.171. The van der Waals surface area contributed by atoms with Gasteiger partial charge in [-0.05, 0) is 36.8 Å². The normalized spacial score (nSPS) is 22.9. The van der Waals surface area contributed by atoms with E-state index in [1.165, 1.54) is 6.42 Å². The quantitative estimate of drug-likeness (QED) is 0.371. The van der Waals surface area contributed by atoms with Gasteiger partial charge in [0.1, 0.15) is 0 Å². The summed E-state index contributed by atoms with van der Waals surface area (Å²) in [4.78, 5) is 2.22. The molecule has 1 aliphatic rings. The van der Waals surface area contributed by atoms with Gasteiger partial charge in [0, 0.05) is 19.2 Å². The zero-order valence-electron chi connectivity index (χ0n) is 11.2. The molecule has 0 aromatic heterocycles. The summed E-state index contributed by atoms with van der Waals surface area (Å²) in [5, 5.41) is 12.0. The van der Waals surface area contributed by atoms with Gasteiger partial charge in [-0.25, -0.2) is 0 Å². The van der Waals surface area contributed by atoms with E-state index >= 15 is 0 Å². The molecule has 0 spiro atoms. The third kappa shape index (κ3) is 2.42. The highest BCUT2D eigenvalue weighted by Crippen LogP contribution is 2.39. The Labute approximate surface area is 108 Å². The summed E-state index contributed by atoms with van der Waals surface area (Å²) >= 11 is 0. The number of benzene rings is 1. The summed E-state index contributed by atoms with van der Waals surface area (Å²) in [5.41, 5.74) is 8.76. The zero-order valence-corrected chi connectivity index (χ0v) is 11.2. The maximum Gasteiger partial charge on any atom is 0.172 e. The molecule has 1 fully saturated rings. The van der Waals surface area contributed by atoms with Gasteiger partial charge in [-0.1, -0.05) is 24.2 Å². The summed E-state index contributed by atoms with van der Waals surface area (Å²) in [6.45, 7) is 5.36. The molecule has 0 saturated heterocycles. The summed E-state index contributed by atoms with van der Waals surface area (Å²) in [5.74, 6) is 1.77. The molecular formula is C14H21N3O. The number of para-hydroxylation sites is 1. The first-order valence-corrected chi connectivity index (χ1v) is 6.33. The number of anilines is 1. The van der Waals surface area contributed by atoms with Gasteiger partial charge in [0.15, 0.2) is 5.84 Å². The van der Waals surface area contributed by atoms with Crippen molar-refractivity contribution in [3.05, 3.63) is 29.3 Å². The number of amidine groups is 1. The Morgan fingerprint density at radius 3 is 2.78 bits per heavy atom. The van der Waals surface area contributed by atoms with E-state index in [4.69, 9.17) is 10.9 Å². The largest absolute Gasteiger partial charge is 0.409 e. The molecule has 0 aliphatic heterocycles. The van der Waals surface area contributed by atoms with Crippen molar-refractivity contribution < 1.29 is 5.21 Å². The molecule has 3 N–H and O–H groups in total. The van der Waals surface area contributed by atoms with Gasteiger partial charge in [0.05, 0.1) is 5.69 Å². The number of hydrogen-bond acceptors (Lipinski definition) is 3. The van der Waals surface area contributed by atoms with E-state index in [0.717, 1.165) is 35.2 Å². The van der Waals surface area contributed by atoms with Crippen LogP contribution in [0.4, 0.5) is 5.69 Å². The molecule has 18 heavy (non-hydrogen) atoms. The molecule has 0 radical (unpaired) electrons. The molecule has 0 amide bonds. The monoisotopic (exact) mass is 247 g/mol. The van der Waals surface area contributed by atoms with E-state index in [0.29, 0.717) is 0 Å². The lowest BCUT2D eigenvalue weighted by Gasteiger charge is -2.24. The fourth-order valence-electron chi connectivity index (χ4n) is 2.52. The number of oxime groups is 1. The minimum Gasteiger partial charge on any atom is -0.409 e. The van der Waals surface area contributed by atoms with Crippen molar-refractivity contribution in [3.8, 4) is 0 Å². The molecule has 4 heteroatoms. The first kappa shape index (κ1) is 12.7. The number of nitrogens with zero attached hydrogens (tertiary/aromatic N) is 2. The van der Waals surface area contributed by atoms with Gasteiger partial charge in [0.2, 0.25) is 0 Å². The van der Waals surface area contributed by atoms with E-state index < -0.39 is 0 Å². The molecule has 4 nitrogen and oxygen atoms in total. The highest BCUT2D eigenvalue weighted by molar-refractivity contribution is 6.02.